The Labute approximate surface area is 105 Å². The highest BCUT2D eigenvalue weighted by molar-refractivity contribution is 5.41. The number of hydrogen-bond donors (Lipinski definition) is 1. The molecular formula is C15H25NO. The van der Waals surface area contributed by atoms with Crippen molar-refractivity contribution in [1.82, 2.24) is 5.32 Å². The maximum absolute atomic E-state index is 6.00. The molecular weight excluding hydrogens is 210 g/mol. The molecule has 0 aliphatic rings. The van der Waals surface area contributed by atoms with Crippen LogP contribution in [0.3, 0.4) is 0 Å². The molecule has 1 unspecified atom stereocenters. The summed E-state index contributed by atoms with van der Waals surface area (Å²) in [7, 11) is 0. The van der Waals surface area contributed by atoms with E-state index in [2.05, 4.69) is 51.2 Å². The van der Waals surface area contributed by atoms with Gasteiger partial charge < -0.3 is 10.1 Å². The first-order valence-electron chi connectivity index (χ1n) is 6.69. The van der Waals surface area contributed by atoms with Crippen molar-refractivity contribution in [3.63, 3.8) is 0 Å². The fourth-order valence-electron chi connectivity index (χ4n) is 2.00. The van der Waals surface area contributed by atoms with Crippen molar-refractivity contribution in [2.24, 2.45) is 0 Å². The van der Waals surface area contributed by atoms with Crippen LogP contribution in [0.15, 0.2) is 18.2 Å². The smallest absolute Gasteiger partial charge is 0.125 e. The van der Waals surface area contributed by atoms with Crippen LogP contribution in [0.5, 0.6) is 5.75 Å². The summed E-state index contributed by atoms with van der Waals surface area (Å²) in [5, 5.41) is 3.37. The first-order chi connectivity index (χ1) is 8.22. The molecule has 0 amide bonds. The van der Waals surface area contributed by atoms with Crippen molar-refractivity contribution >= 4 is 0 Å². The first-order valence-corrected chi connectivity index (χ1v) is 6.69. The molecule has 0 saturated heterocycles. The number of likely N-dealkylation sites (N-methyl/N-ethyl adjacent to an activating group) is 1. The Morgan fingerprint density at radius 1 is 1.12 bits per heavy atom. The summed E-state index contributed by atoms with van der Waals surface area (Å²) >= 11 is 0. The fourth-order valence-corrected chi connectivity index (χ4v) is 2.00. The van der Waals surface area contributed by atoms with Crippen molar-refractivity contribution in [2.45, 2.75) is 46.6 Å². The Balaban J connectivity index is 2.74. The molecule has 17 heavy (non-hydrogen) atoms. The minimum Gasteiger partial charge on any atom is -0.491 e. The Morgan fingerprint density at radius 2 is 1.71 bits per heavy atom. The van der Waals surface area contributed by atoms with Gasteiger partial charge in [0.2, 0.25) is 0 Å². The zero-order chi connectivity index (χ0) is 12.7. The van der Waals surface area contributed by atoms with E-state index in [1.54, 1.807) is 0 Å². The molecule has 96 valence electrons. The molecule has 0 heterocycles. The summed E-state index contributed by atoms with van der Waals surface area (Å²) in [6, 6.07) is 6.84. The quantitative estimate of drug-likeness (QED) is 0.783. The van der Waals surface area contributed by atoms with Crippen molar-refractivity contribution in [2.75, 3.05) is 13.2 Å². The molecule has 0 bridgehead atoms. The van der Waals surface area contributed by atoms with Crippen molar-refractivity contribution in [3.05, 3.63) is 29.3 Å². The SMILES string of the molecule is CCNC(C)COc1c(CC)cccc1CC. The Morgan fingerprint density at radius 3 is 2.18 bits per heavy atom. The van der Waals surface area contributed by atoms with Crippen LogP contribution in [0.1, 0.15) is 38.8 Å². The number of hydrogen-bond acceptors (Lipinski definition) is 2. The predicted molar refractivity (Wildman–Crippen MR) is 73.8 cm³/mol. The molecule has 1 rings (SSSR count). The number of ether oxygens (including phenoxy) is 1. The van der Waals surface area contributed by atoms with E-state index >= 15 is 0 Å². The van der Waals surface area contributed by atoms with Gasteiger partial charge in [0, 0.05) is 6.04 Å². The lowest BCUT2D eigenvalue weighted by Crippen LogP contribution is -2.31. The van der Waals surface area contributed by atoms with Crippen LogP contribution in [0.4, 0.5) is 0 Å². The second kappa shape index (κ2) is 7.33. The first kappa shape index (κ1) is 14.0. The summed E-state index contributed by atoms with van der Waals surface area (Å²) in [5.41, 5.74) is 2.63. The Kier molecular flexibility index (Phi) is 6.06. The van der Waals surface area contributed by atoms with Gasteiger partial charge in [0.05, 0.1) is 0 Å². The van der Waals surface area contributed by atoms with Gasteiger partial charge in [-0.3, -0.25) is 0 Å². The van der Waals surface area contributed by atoms with Crippen LogP contribution in [0.25, 0.3) is 0 Å². The van der Waals surface area contributed by atoms with E-state index < -0.39 is 0 Å². The zero-order valence-electron chi connectivity index (χ0n) is 11.5. The van der Waals surface area contributed by atoms with E-state index in [9.17, 15) is 0 Å². The molecule has 0 aromatic heterocycles. The maximum atomic E-state index is 6.00. The third-order valence-corrected chi connectivity index (χ3v) is 2.97. The van der Waals surface area contributed by atoms with Gasteiger partial charge in [-0.25, -0.2) is 0 Å². The largest absolute Gasteiger partial charge is 0.491 e. The second-order valence-corrected chi connectivity index (χ2v) is 4.38. The summed E-state index contributed by atoms with van der Waals surface area (Å²) in [5.74, 6) is 1.10. The van der Waals surface area contributed by atoms with Gasteiger partial charge >= 0.3 is 0 Å². The maximum Gasteiger partial charge on any atom is 0.125 e. The van der Waals surface area contributed by atoms with Crippen LogP contribution in [-0.4, -0.2) is 19.2 Å². The second-order valence-electron chi connectivity index (χ2n) is 4.38. The van der Waals surface area contributed by atoms with Gasteiger partial charge in [0.25, 0.3) is 0 Å². The minimum atomic E-state index is 0.398. The van der Waals surface area contributed by atoms with Gasteiger partial charge in [0.15, 0.2) is 0 Å². The van der Waals surface area contributed by atoms with Crippen molar-refractivity contribution in [1.29, 1.82) is 0 Å². The molecule has 0 aliphatic carbocycles. The van der Waals surface area contributed by atoms with E-state index in [0.717, 1.165) is 31.7 Å². The van der Waals surface area contributed by atoms with E-state index in [1.807, 2.05) is 0 Å². The van der Waals surface area contributed by atoms with Gasteiger partial charge in [-0.15, -0.1) is 0 Å². The number of rotatable bonds is 7. The average Bonchev–Trinajstić information content (AvgIpc) is 2.36. The summed E-state index contributed by atoms with van der Waals surface area (Å²) < 4.78 is 6.00. The van der Waals surface area contributed by atoms with Gasteiger partial charge in [-0.1, -0.05) is 39.0 Å². The van der Waals surface area contributed by atoms with E-state index in [1.165, 1.54) is 11.1 Å². The molecule has 0 saturated carbocycles. The van der Waals surface area contributed by atoms with Gasteiger partial charge in [-0.2, -0.15) is 0 Å². The third kappa shape index (κ3) is 4.04. The lowest BCUT2D eigenvalue weighted by molar-refractivity contribution is 0.271. The summed E-state index contributed by atoms with van der Waals surface area (Å²) in [6.45, 7) is 10.3. The lowest BCUT2D eigenvalue weighted by atomic mass is 10.0. The molecule has 1 N–H and O–H groups in total. The normalized spacial score (nSPS) is 12.5. The summed E-state index contributed by atoms with van der Waals surface area (Å²) in [4.78, 5) is 0. The van der Waals surface area contributed by atoms with E-state index in [4.69, 9.17) is 4.74 Å². The molecule has 0 spiro atoms. The number of para-hydroxylation sites is 1. The third-order valence-electron chi connectivity index (χ3n) is 2.97. The molecule has 2 heteroatoms. The zero-order valence-corrected chi connectivity index (χ0v) is 11.5. The molecule has 1 aromatic rings. The fraction of sp³-hybridized carbons (Fsp3) is 0.600. The predicted octanol–water partition coefficient (Wildman–Crippen LogP) is 3.19. The van der Waals surface area contributed by atoms with Crippen LogP contribution in [-0.2, 0) is 12.8 Å². The van der Waals surface area contributed by atoms with Crippen LogP contribution in [0.2, 0.25) is 0 Å². The molecule has 1 aromatic carbocycles. The highest BCUT2D eigenvalue weighted by Gasteiger charge is 2.09. The number of nitrogens with one attached hydrogen (secondary N) is 1. The monoisotopic (exact) mass is 235 g/mol. The average molecular weight is 235 g/mol. The minimum absolute atomic E-state index is 0.398. The van der Waals surface area contributed by atoms with Crippen LogP contribution >= 0.6 is 0 Å². The Bertz CT molecular complexity index is 313. The molecule has 1 atom stereocenters. The molecule has 2 nitrogen and oxygen atoms in total. The standard InChI is InChI=1S/C15H25NO/c1-5-13-9-8-10-14(6-2)15(13)17-11-12(4)16-7-3/h8-10,12,16H,5-7,11H2,1-4H3. The highest BCUT2D eigenvalue weighted by atomic mass is 16.5. The van der Waals surface area contributed by atoms with E-state index in [0.29, 0.717) is 6.04 Å². The van der Waals surface area contributed by atoms with Crippen molar-refractivity contribution in [3.8, 4) is 5.75 Å². The van der Waals surface area contributed by atoms with Gasteiger partial charge in [0.1, 0.15) is 12.4 Å². The molecule has 0 aliphatic heterocycles. The highest BCUT2D eigenvalue weighted by Crippen LogP contribution is 2.25. The number of aryl methyl sites for hydroxylation is 2. The van der Waals surface area contributed by atoms with Gasteiger partial charge in [-0.05, 0) is 37.4 Å². The number of benzene rings is 1. The molecule has 0 fully saturated rings. The molecule has 0 radical (unpaired) electrons. The summed E-state index contributed by atoms with van der Waals surface area (Å²) in [6.07, 6.45) is 2.05. The van der Waals surface area contributed by atoms with Crippen molar-refractivity contribution < 1.29 is 4.74 Å². The van der Waals surface area contributed by atoms with E-state index in [-0.39, 0.29) is 0 Å². The van der Waals surface area contributed by atoms with Crippen LogP contribution < -0.4 is 10.1 Å². The lowest BCUT2D eigenvalue weighted by Gasteiger charge is -2.18. The van der Waals surface area contributed by atoms with Crippen LogP contribution in [0, 0.1) is 0 Å². The Hall–Kier alpha value is -1.02. The topological polar surface area (TPSA) is 21.3 Å².